The van der Waals surface area contributed by atoms with Gasteiger partial charge in [0.15, 0.2) is 0 Å². The minimum atomic E-state index is -0.566. The number of carbonyl (C=O) groups is 2. The summed E-state index contributed by atoms with van der Waals surface area (Å²) in [6.45, 7) is 0. The van der Waals surface area contributed by atoms with Crippen LogP contribution < -0.4 is 0 Å². The smallest absolute Gasteiger partial charge is 0.339 e. The third kappa shape index (κ3) is 4.25. The first-order valence-corrected chi connectivity index (χ1v) is 9.40. The molecule has 1 aromatic rings. The number of hydrogen-bond acceptors (Lipinski definition) is 5. The van der Waals surface area contributed by atoms with Gasteiger partial charge >= 0.3 is 11.9 Å². The van der Waals surface area contributed by atoms with Gasteiger partial charge in [-0.1, -0.05) is 42.8 Å². The third-order valence-corrected chi connectivity index (χ3v) is 4.84. The van der Waals surface area contributed by atoms with Crippen LogP contribution in [0.2, 0.25) is 0 Å². The molecule has 0 spiro atoms. The van der Waals surface area contributed by atoms with Gasteiger partial charge in [0.1, 0.15) is 5.76 Å². The van der Waals surface area contributed by atoms with Gasteiger partial charge in [-0.05, 0) is 42.9 Å². The van der Waals surface area contributed by atoms with Crippen molar-refractivity contribution in [3.8, 4) is 0 Å². The van der Waals surface area contributed by atoms with Crippen LogP contribution >= 0.6 is 0 Å². The number of rotatable bonds is 3. The average Bonchev–Trinajstić information content (AvgIpc) is 2.75. The highest BCUT2D eigenvalue weighted by molar-refractivity contribution is 6.08. The summed E-state index contributed by atoms with van der Waals surface area (Å²) in [5.74, 6) is -0.500. The van der Waals surface area contributed by atoms with Crippen LogP contribution in [0.15, 0.2) is 71.0 Å². The summed E-state index contributed by atoms with van der Waals surface area (Å²) < 4.78 is 15.8. The molecule has 146 valence electrons. The number of allylic oxidation sites excluding steroid dienone is 4. The maximum Gasteiger partial charge on any atom is 0.339 e. The second-order valence-electron chi connectivity index (χ2n) is 6.62. The lowest BCUT2D eigenvalue weighted by atomic mass is 9.88. The van der Waals surface area contributed by atoms with E-state index >= 15 is 0 Å². The van der Waals surface area contributed by atoms with Crippen molar-refractivity contribution in [2.24, 2.45) is 0 Å². The molecule has 0 saturated carbocycles. The van der Waals surface area contributed by atoms with Crippen LogP contribution in [0.1, 0.15) is 37.7 Å². The van der Waals surface area contributed by atoms with Crippen LogP contribution in [0.25, 0.3) is 5.76 Å². The van der Waals surface area contributed by atoms with Crippen molar-refractivity contribution in [1.82, 2.24) is 0 Å². The number of hydrogen-bond donors (Lipinski definition) is 0. The Bertz CT molecular complexity index is 872. The van der Waals surface area contributed by atoms with Crippen molar-refractivity contribution in [3.05, 3.63) is 76.6 Å². The number of esters is 2. The third-order valence-electron chi connectivity index (χ3n) is 4.84. The maximum absolute atomic E-state index is 12.7. The van der Waals surface area contributed by atoms with Gasteiger partial charge in [0, 0.05) is 5.56 Å². The molecular formula is C23H24O5. The summed E-state index contributed by atoms with van der Waals surface area (Å²) in [7, 11) is 2.63. The molecule has 0 N–H and O–H groups in total. The van der Waals surface area contributed by atoms with E-state index in [2.05, 4.69) is 0 Å². The Morgan fingerprint density at radius 2 is 1.71 bits per heavy atom. The normalized spacial score (nSPS) is 21.7. The maximum atomic E-state index is 12.7. The molecule has 1 heterocycles. The van der Waals surface area contributed by atoms with Gasteiger partial charge in [-0.3, -0.25) is 0 Å². The molecule has 0 amide bonds. The molecule has 0 fully saturated rings. The number of carbonyl (C=O) groups excluding carboxylic acids is 2. The Morgan fingerprint density at radius 1 is 0.964 bits per heavy atom. The van der Waals surface area contributed by atoms with E-state index in [1.165, 1.54) is 14.2 Å². The molecular weight excluding hydrogens is 356 g/mol. The monoisotopic (exact) mass is 380 g/mol. The Balaban J connectivity index is 2.22. The van der Waals surface area contributed by atoms with Gasteiger partial charge < -0.3 is 14.2 Å². The van der Waals surface area contributed by atoms with Crippen LogP contribution in [0.4, 0.5) is 0 Å². The second-order valence-corrected chi connectivity index (χ2v) is 6.62. The Kier molecular flexibility index (Phi) is 6.48. The van der Waals surface area contributed by atoms with Crippen molar-refractivity contribution < 1.29 is 23.8 Å². The molecule has 0 saturated heterocycles. The SMILES string of the molecule is COC(=O)C1=C/CCCCCC2=COC(c3ccccc3)=C\C2=C\1C(=O)OC. The zero-order valence-corrected chi connectivity index (χ0v) is 16.2. The zero-order chi connectivity index (χ0) is 19.9. The summed E-state index contributed by atoms with van der Waals surface area (Å²) in [5.41, 5.74) is 2.87. The lowest BCUT2D eigenvalue weighted by Gasteiger charge is -2.22. The molecule has 1 aliphatic carbocycles. The highest BCUT2D eigenvalue weighted by atomic mass is 16.5. The number of ether oxygens (including phenoxy) is 3. The Morgan fingerprint density at radius 3 is 2.43 bits per heavy atom. The molecule has 1 aromatic carbocycles. The van der Waals surface area contributed by atoms with Crippen LogP contribution in [0, 0.1) is 0 Å². The molecule has 0 atom stereocenters. The van der Waals surface area contributed by atoms with Gasteiger partial charge in [0.25, 0.3) is 0 Å². The van der Waals surface area contributed by atoms with Crippen molar-refractivity contribution in [1.29, 1.82) is 0 Å². The Hall–Kier alpha value is -3.08. The van der Waals surface area contributed by atoms with Crippen LogP contribution in [0.3, 0.4) is 0 Å². The second kappa shape index (κ2) is 9.22. The first-order valence-electron chi connectivity index (χ1n) is 9.40. The zero-order valence-electron chi connectivity index (χ0n) is 16.2. The minimum Gasteiger partial charge on any atom is -0.465 e. The quantitative estimate of drug-likeness (QED) is 0.724. The highest BCUT2D eigenvalue weighted by Crippen LogP contribution is 2.35. The summed E-state index contributed by atoms with van der Waals surface area (Å²) in [6.07, 6.45) is 9.66. The Labute approximate surface area is 165 Å². The van der Waals surface area contributed by atoms with Crippen LogP contribution in [0.5, 0.6) is 0 Å². The molecule has 2 aliphatic rings. The van der Waals surface area contributed by atoms with E-state index in [1.807, 2.05) is 36.4 Å². The molecule has 5 nitrogen and oxygen atoms in total. The van der Waals surface area contributed by atoms with Gasteiger partial charge in [0.2, 0.25) is 0 Å². The minimum absolute atomic E-state index is 0.222. The lowest BCUT2D eigenvalue weighted by Crippen LogP contribution is -2.19. The summed E-state index contributed by atoms with van der Waals surface area (Å²) in [5, 5.41) is 0. The van der Waals surface area contributed by atoms with E-state index < -0.39 is 11.9 Å². The van der Waals surface area contributed by atoms with Crippen LogP contribution in [-0.4, -0.2) is 26.2 Å². The van der Waals surface area contributed by atoms with E-state index in [-0.39, 0.29) is 11.1 Å². The number of fused-ring (bicyclic) bond motifs is 1. The molecule has 5 heteroatoms. The van der Waals surface area contributed by atoms with Crippen LogP contribution in [-0.2, 0) is 23.8 Å². The van der Waals surface area contributed by atoms with Gasteiger partial charge in [-0.15, -0.1) is 0 Å². The van der Waals surface area contributed by atoms with Crippen molar-refractivity contribution in [2.45, 2.75) is 32.1 Å². The molecule has 0 unspecified atom stereocenters. The fourth-order valence-electron chi connectivity index (χ4n) is 3.38. The van der Waals surface area contributed by atoms with E-state index in [0.717, 1.165) is 36.8 Å². The van der Waals surface area contributed by atoms with Gasteiger partial charge in [-0.25, -0.2) is 9.59 Å². The fourth-order valence-corrected chi connectivity index (χ4v) is 3.38. The topological polar surface area (TPSA) is 61.8 Å². The molecule has 0 aromatic heterocycles. The first-order chi connectivity index (χ1) is 13.7. The molecule has 3 rings (SSSR count). The summed E-state index contributed by atoms with van der Waals surface area (Å²) >= 11 is 0. The number of benzene rings is 1. The van der Waals surface area contributed by atoms with E-state index in [4.69, 9.17) is 14.2 Å². The highest BCUT2D eigenvalue weighted by Gasteiger charge is 2.29. The summed E-state index contributed by atoms with van der Waals surface area (Å²) in [6, 6.07) is 9.62. The van der Waals surface area contributed by atoms with Crippen molar-refractivity contribution in [3.63, 3.8) is 0 Å². The van der Waals surface area contributed by atoms with Crippen molar-refractivity contribution in [2.75, 3.05) is 14.2 Å². The predicted octanol–water partition coefficient (Wildman–Crippen LogP) is 4.47. The van der Waals surface area contributed by atoms with E-state index in [1.54, 1.807) is 12.3 Å². The molecule has 0 radical (unpaired) electrons. The van der Waals surface area contributed by atoms with E-state index in [9.17, 15) is 9.59 Å². The predicted molar refractivity (Wildman–Crippen MR) is 106 cm³/mol. The molecule has 28 heavy (non-hydrogen) atoms. The summed E-state index contributed by atoms with van der Waals surface area (Å²) in [4.78, 5) is 25.2. The lowest BCUT2D eigenvalue weighted by molar-refractivity contribution is -0.139. The molecule has 1 aliphatic heterocycles. The van der Waals surface area contributed by atoms with Gasteiger partial charge in [-0.2, -0.15) is 0 Å². The molecule has 0 bridgehead atoms. The van der Waals surface area contributed by atoms with Crippen molar-refractivity contribution >= 4 is 17.7 Å². The van der Waals surface area contributed by atoms with Gasteiger partial charge in [0.05, 0.1) is 31.6 Å². The average molecular weight is 380 g/mol. The number of methoxy groups -OCH3 is 2. The fraction of sp³-hybridized carbons (Fsp3) is 0.304. The first kappa shape index (κ1) is 19.7. The largest absolute Gasteiger partial charge is 0.465 e. The standard InChI is InChI=1S/C23H24O5/c1-26-22(24)18-13-9-4-3-6-12-17-15-28-20(16-10-7-5-8-11-16)14-19(17)21(18)23(25)27-2/h5,7-8,10-11,13-15H,3-4,6,9,12H2,1-2H3/b18-13+,21-19+. The van der Waals surface area contributed by atoms with E-state index in [0.29, 0.717) is 17.8 Å².